The number of aliphatic hydroxyl groups excluding tert-OH is 2. The number of aliphatic hydroxyl groups is 2. The number of unbranched alkanes of at least 4 members (excludes halogenated alkanes) is 48. The van der Waals surface area contributed by atoms with Crippen molar-refractivity contribution in [1.29, 1.82) is 0 Å². The van der Waals surface area contributed by atoms with Crippen LogP contribution in [0, 0.1) is 0 Å². The first kappa shape index (κ1) is 73.1. The Kier molecular flexibility index (Phi) is 63.0. The predicted molar refractivity (Wildman–Crippen MR) is 329 cm³/mol. The summed E-state index contributed by atoms with van der Waals surface area (Å²) in [5, 5.41) is 23.3. The van der Waals surface area contributed by atoms with Crippen LogP contribution in [0.5, 0.6) is 0 Å². The Labute approximate surface area is 468 Å². The number of amides is 1. The lowest BCUT2D eigenvalue weighted by Gasteiger charge is -2.20. The van der Waals surface area contributed by atoms with E-state index >= 15 is 0 Å². The van der Waals surface area contributed by atoms with Crippen molar-refractivity contribution in [3.63, 3.8) is 0 Å². The minimum absolute atomic E-state index is 0.00228. The van der Waals surface area contributed by atoms with Gasteiger partial charge < -0.3 is 20.3 Å². The number of rotatable bonds is 63. The summed E-state index contributed by atoms with van der Waals surface area (Å²) >= 11 is 0. The second-order valence-electron chi connectivity index (χ2n) is 23.2. The summed E-state index contributed by atoms with van der Waals surface area (Å²) < 4.78 is 5.47. The van der Waals surface area contributed by atoms with Gasteiger partial charge in [-0.25, -0.2) is 0 Å². The monoisotopic (exact) mass is 1050 g/mol. The average Bonchev–Trinajstić information content (AvgIpc) is 3.41. The van der Waals surface area contributed by atoms with Gasteiger partial charge in [0.2, 0.25) is 5.91 Å². The lowest BCUT2D eigenvalue weighted by molar-refractivity contribution is -0.143. The van der Waals surface area contributed by atoms with E-state index in [9.17, 15) is 19.8 Å². The Morgan fingerprint density at radius 3 is 1.07 bits per heavy atom. The van der Waals surface area contributed by atoms with E-state index in [1.54, 1.807) is 6.08 Å². The number of hydrogen-bond donors (Lipinski definition) is 3. The van der Waals surface area contributed by atoms with Gasteiger partial charge in [0.25, 0.3) is 0 Å². The molecule has 0 bridgehead atoms. The predicted octanol–water partition coefficient (Wildman–Crippen LogP) is 21.5. The molecule has 442 valence electrons. The molecule has 1 amide bonds. The van der Waals surface area contributed by atoms with Gasteiger partial charge in [-0.1, -0.05) is 333 Å². The molecule has 0 fully saturated rings. The van der Waals surface area contributed by atoms with E-state index in [4.69, 9.17) is 4.74 Å². The Balaban J connectivity index is 3.42. The van der Waals surface area contributed by atoms with Crippen molar-refractivity contribution < 1.29 is 24.5 Å². The van der Waals surface area contributed by atoms with Crippen molar-refractivity contribution in [2.45, 2.75) is 379 Å². The van der Waals surface area contributed by atoms with E-state index in [1.807, 2.05) is 6.08 Å². The maximum atomic E-state index is 12.5. The van der Waals surface area contributed by atoms with E-state index in [2.05, 4.69) is 43.5 Å². The summed E-state index contributed by atoms with van der Waals surface area (Å²) in [6.07, 6.45) is 82.1. The molecule has 0 aliphatic rings. The molecule has 3 N–H and O–H groups in total. The van der Waals surface area contributed by atoms with E-state index in [0.29, 0.717) is 19.4 Å². The molecule has 2 unspecified atom stereocenters. The van der Waals surface area contributed by atoms with Crippen molar-refractivity contribution in [2.75, 3.05) is 13.2 Å². The second-order valence-corrected chi connectivity index (χ2v) is 23.2. The Morgan fingerprint density at radius 2 is 0.693 bits per heavy atom. The number of allylic oxidation sites excluding steroid dienone is 5. The maximum absolute atomic E-state index is 12.5. The molecule has 0 aromatic carbocycles. The van der Waals surface area contributed by atoms with Crippen LogP contribution in [0.15, 0.2) is 36.5 Å². The molecule has 6 nitrogen and oxygen atoms in total. The zero-order chi connectivity index (χ0) is 54.3. The second kappa shape index (κ2) is 64.6. The first-order chi connectivity index (χ1) is 37.0. The minimum Gasteiger partial charge on any atom is -0.466 e. The molecule has 0 saturated heterocycles. The van der Waals surface area contributed by atoms with Gasteiger partial charge in [0.15, 0.2) is 0 Å². The lowest BCUT2D eigenvalue weighted by atomic mass is 10.0. The third-order valence-electron chi connectivity index (χ3n) is 15.6. The van der Waals surface area contributed by atoms with Crippen LogP contribution in [0.2, 0.25) is 0 Å². The molecule has 0 saturated carbocycles. The molecule has 0 rings (SSSR count). The van der Waals surface area contributed by atoms with Crippen molar-refractivity contribution in [3.8, 4) is 0 Å². The average molecular weight is 1050 g/mol. The van der Waals surface area contributed by atoms with Gasteiger partial charge in [-0.05, 0) is 57.8 Å². The van der Waals surface area contributed by atoms with Gasteiger partial charge in [-0.15, -0.1) is 0 Å². The summed E-state index contributed by atoms with van der Waals surface area (Å²) in [5.74, 6) is -0.0671. The number of carbonyl (C=O) groups is 2. The highest BCUT2D eigenvalue weighted by Gasteiger charge is 2.18. The number of hydrogen-bond acceptors (Lipinski definition) is 5. The van der Waals surface area contributed by atoms with Crippen molar-refractivity contribution in [3.05, 3.63) is 36.5 Å². The van der Waals surface area contributed by atoms with Crippen LogP contribution in [-0.4, -0.2) is 47.4 Å². The van der Waals surface area contributed by atoms with Crippen LogP contribution < -0.4 is 5.32 Å². The molecule has 0 aliphatic carbocycles. The maximum Gasteiger partial charge on any atom is 0.305 e. The summed E-state index contributed by atoms with van der Waals surface area (Å²) in [7, 11) is 0. The number of esters is 1. The summed E-state index contributed by atoms with van der Waals surface area (Å²) in [6.45, 7) is 4.86. The minimum atomic E-state index is -0.846. The number of carbonyl (C=O) groups excluding carboxylic acids is 2. The standard InChI is InChI=1S/C69H131NO5/c1-3-5-7-9-11-13-15-17-18-19-20-21-22-25-28-31-34-38-41-45-49-53-57-61-67(72)66(65-71)70-68(73)62-58-54-50-46-42-39-35-32-29-26-23-24-27-30-33-36-40-44-48-52-56-60-64-75-69(74)63-59-55-51-47-43-37-16-14-12-10-8-6-4-2/h8,10,14,16,57,61,66-67,71-72H,3-7,9,11-13,15,17-56,58-60,62-65H2,1-2H3,(H,70,73)/b10-8-,16-14-,61-57+. The quantitative estimate of drug-likeness (QED) is 0.0320. The summed E-state index contributed by atoms with van der Waals surface area (Å²) in [5.41, 5.74) is 0. The molecular weight excluding hydrogens is 923 g/mol. The van der Waals surface area contributed by atoms with Crippen LogP contribution in [0.3, 0.4) is 0 Å². The fourth-order valence-electron chi connectivity index (χ4n) is 10.5. The highest BCUT2D eigenvalue weighted by Crippen LogP contribution is 2.18. The highest BCUT2D eigenvalue weighted by molar-refractivity contribution is 5.76. The van der Waals surface area contributed by atoms with E-state index in [1.165, 1.54) is 289 Å². The zero-order valence-electron chi connectivity index (χ0n) is 50.5. The molecule has 0 aromatic rings. The summed E-state index contributed by atoms with van der Waals surface area (Å²) in [6, 6.07) is -0.630. The molecule has 75 heavy (non-hydrogen) atoms. The van der Waals surface area contributed by atoms with Crippen molar-refractivity contribution in [1.82, 2.24) is 5.32 Å². The van der Waals surface area contributed by atoms with Crippen LogP contribution >= 0.6 is 0 Å². The van der Waals surface area contributed by atoms with Crippen LogP contribution in [0.4, 0.5) is 0 Å². The summed E-state index contributed by atoms with van der Waals surface area (Å²) in [4.78, 5) is 24.6. The van der Waals surface area contributed by atoms with Crippen LogP contribution in [-0.2, 0) is 14.3 Å². The number of nitrogens with one attached hydrogen (secondary N) is 1. The zero-order valence-corrected chi connectivity index (χ0v) is 50.5. The molecule has 6 heteroatoms. The Bertz CT molecular complexity index is 1210. The van der Waals surface area contributed by atoms with Crippen molar-refractivity contribution >= 4 is 11.9 Å². The lowest BCUT2D eigenvalue weighted by Crippen LogP contribution is -2.45. The van der Waals surface area contributed by atoms with Gasteiger partial charge in [0.1, 0.15) is 0 Å². The first-order valence-electron chi connectivity index (χ1n) is 33.8. The number of ether oxygens (including phenoxy) is 1. The van der Waals surface area contributed by atoms with Gasteiger partial charge >= 0.3 is 5.97 Å². The van der Waals surface area contributed by atoms with E-state index in [0.717, 1.165) is 51.4 Å². The topological polar surface area (TPSA) is 95.9 Å². The fraction of sp³-hybridized carbons (Fsp3) is 0.884. The molecule has 0 aliphatic heterocycles. The molecule has 0 spiro atoms. The van der Waals surface area contributed by atoms with Gasteiger partial charge in [-0.3, -0.25) is 9.59 Å². The SMILES string of the molecule is CCC/C=C\C/C=C\CCCCCCCC(=O)OCCCCCCCCCCCCCCCCCCCCCCCCC(=O)NC(CO)C(O)/C=C/CCCCCCCCCCCCCCCCCCCCCCC. The van der Waals surface area contributed by atoms with E-state index < -0.39 is 12.1 Å². The molecule has 2 atom stereocenters. The molecule has 0 heterocycles. The molecule has 0 aromatic heterocycles. The molecular formula is C69H131NO5. The normalized spacial score (nSPS) is 12.7. The van der Waals surface area contributed by atoms with Crippen LogP contribution in [0.25, 0.3) is 0 Å². The van der Waals surface area contributed by atoms with Gasteiger partial charge in [-0.2, -0.15) is 0 Å². The largest absolute Gasteiger partial charge is 0.466 e. The molecule has 0 radical (unpaired) electrons. The van der Waals surface area contributed by atoms with E-state index in [-0.39, 0.29) is 18.5 Å². The third kappa shape index (κ3) is 61.2. The first-order valence-corrected chi connectivity index (χ1v) is 33.8. The van der Waals surface area contributed by atoms with Gasteiger partial charge in [0, 0.05) is 12.8 Å². The highest BCUT2D eigenvalue weighted by atomic mass is 16.5. The Morgan fingerprint density at radius 1 is 0.373 bits per heavy atom. The van der Waals surface area contributed by atoms with Gasteiger partial charge in [0.05, 0.1) is 25.4 Å². The van der Waals surface area contributed by atoms with Crippen LogP contribution in [0.1, 0.15) is 367 Å². The van der Waals surface area contributed by atoms with Crippen molar-refractivity contribution in [2.24, 2.45) is 0 Å². The third-order valence-corrected chi connectivity index (χ3v) is 15.6. The fourth-order valence-corrected chi connectivity index (χ4v) is 10.5. The smallest absolute Gasteiger partial charge is 0.305 e. The Hall–Kier alpha value is -1.92.